The number of carbonyl (C=O) groups excluding carboxylic acids is 1. The molecule has 0 spiro atoms. The number of halogens is 5. The molecule has 4 rings (SSSR count). The second kappa shape index (κ2) is 11.5. The van der Waals surface area contributed by atoms with Crippen molar-refractivity contribution in [3.8, 4) is 0 Å². The van der Waals surface area contributed by atoms with Gasteiger partial charge in [-0.2, -0.15) is 13.2 Å². The molecular weight excluding hydrogens is 450 g/mol. The molecule has 1 aromatic heterocycles. The molecule has 178 valence electrons. The lowest BCUT2D eigenvalue weighted by atomic mass is 10.1. The van der Waals surface area contributed by atoms with Crippen LogP contribution in [0.2, 0.25) is 5.02 Å². The van der Waals surface area contributed by atoms with E-state index >= 15 is 0 Å². The van der Waals surface area contributed by atoms with Crippen LogP contribution in [0.5, 0.6) is 0 Å². The largest absolute Gasteiger partial charge is 0.433 e. The molecule has 2 amide bonds. The summed E-state index contributed by atoms with van der Waals surface area (Å²) in [5.74, 6) is 0. The Bertz CT molecular complexity index is 906. The molecular formula is C21H28ClF4N5O. The zero-order valence-corrected chi connectivity index (χ0v) is 18.6. The van der Waals surface area contributed by atoms with Crippen LogP contribution in [-0.2, 0) is 6.18 Å². The van der Waals surface area contributed by atoms with E-state index in [-0.39, 0.29) is 17.7 Å². The first-order valence-electron chi connectivity index (χ1n) is 10.3. The zero-order chi connectivity index (χ0) is 23.9. The second-order valence-corrected chi connectivity index (χ2v) is 8.23. The van der Waals surface area contributed by atoms with Crippen LogP contribution in [0.1, 0.15) is 31.4 Å². The number of urea groups is 1. The highest BCUT2D eigenvalue weighted by atomic mass is 35.5. The van der Waals surface area contributed by atoms with Gasteiger partial charge in [-0.3, -0.25) is 0 Å². The number of likely N-dealkylation sites (tertiary alicyclic amines) is 2. The van der Waals surface area contributed by atoms with Crippen LogP contribution < -0.4 is 11.5 Å². The van der Waals surface area contributed by atoms with Crippen molar-refractivity contribution in [3.05, 3.63) is 35.0 Å². The average molecular weight is 478 g/mol. The number of aromatic nitrogens is 1. The van der Waals surface area contributed by atoms with Gasteiger partial charge >= 0.3 is 12.2 Å². The molecule has 6 nitrogen and oxygen atoms in total. The van der Waals surface area contributed by atoms with Crippen LogP contribution in [0.4, 0.5) is 28.0 Å². The highest BCUT2D eigenvalue weighted by Gasteiger charge is 2.33. The summed E-state index contributed by atoms with van der Waals surface area (Å²) in [5.41, 5.74) is 9.60. The summed E-state index contributed by atoms with van der Waals surface area (Å²) >= 11 is 5.71. The predicted molar refractivity (Wildman–Crippen MR) is 118 cm³/mol. The van der Waals surface area contributed by atoms with Crippen molar-refractivity contribution in [3.63, 3.8) is 0 Å². The SMILES string of the molecule is CN1CCCCC1.NC(=O)N1CCC(F)C1.Nc1cc(C(F)(F)F)nc2ccc(Cl)cc12. The van der Waals surface area contributed by atoms with E-state index in [9.17, 15) is 22.4 Å². The van der Waals surface area contributed by atoms with E-state index in [1.165, 1.54) is 55.5 Å². The first-order valence-corrected chi connectivity index (χ1v) is 10.6. The van der Waals surface area contributed by atoms with Crippen LogP contribution in [0.15, 0.2) is 24.3 Å². The van der Waals surface area contributed by atoms with Gasteiger partial charge in [0, 0.05) is 22.6 Å². The number of fused-ring (bicyclic) bond motifs is 1. The fraction of sp³-hybridized carbons (Fsp3) is 0.524. The number of nitrogen functional groups attached to an aromatic ring is 1. The number of hydrogen-bond donors (Lipinski definition) is 2. The standard InChI is InChI=1S/C10H6ClF3N2.C6H13N.C5H9FN2O/c11-5-1-2-8-6(3-5)7(15)4-9(16-8)10(12,13)14;1-7-5-3-2-4-6-7;6-4-1-2-8(3-4)5(7)9/h1-4H,(H2,15,16);2-6H2,1H3;4H,1-3H2,(H2,7,9). The van der Waals surface area contributed by atoms with Crippen molar-refractivity contribution in [2.24, 2.45) is 5.73 Å². The highest BCUT2D eigenvalue weighted by molar-refractivity contribution is 6.31. The first kappa shape index (κ1) is 25.9. The van der Waals surface area contributed by atoms with Gasteiger partial charge in [0.05, 0.1) is 12.1 Å². The smallest absolute Gasteiger partial charge is 0.398 e. The molecule has 3 heterocycles. The zero-order valence-electron chi connectivity index (χ0n) is 17.8. The molecule has 1 atom stereocenters. The number of benzene rings is 1. The van der Waals surface area contributed by atoms with E-state index in [0.29, 0.717) is 23.4 Å². The van der Waals surface area contributed by atoms with E-state index in [2.05, 4.69) is 16.9 Å². The Hall–Kier alpha value is -2.33. The Labute approximate surface area is 189 Å². The molecule has 2 aromatic rings. The van der Waals surface area contributed by atoms with Gasteiger partial charge in [-0.25, -0.2) is 14.2 Å². The normalized spacial score (nSPS) is 19.1. The summed E-state index contributed by atoms with van der Waals surface area (Å²) in [4.78, 5) is 17.5. The molecule has 1 unspecified atom stereocenters. The third-order valence-corrected chi connectivity index (χ3v) is 5.35. The Morgan fingerprint density at radius 3 is 2.25 bits per heavy atom. The predicted octanol–water partition coefficient (Wildman–Crippen LogP) is 4.70. The lowest BCUT2D eigenvalue weighted by molar-refractivity contribution is -0.140. The summed E-state index contributed by atoms with van der Waals surface area (Å²) in [6.45, 7) is 3.28. The van der Waals surface area contributed by atoms with Crippen molar-refractivity contribution in [2.45, 2.75) is 38.0 Å². The maximum absolute atomic E-state index is 12.4. The van der Waals surface area contributed by atoms with E-state index in [4.69, 9.17) is 23.1 Å². The fourth-order valence-electron chi connectivity index (χ4n) is 3.34. The maximum atomic E-state index is 12.4. The van der Waals surface area contributed by atoms with Crippen LogP contribution in [-0.4, -0.2) is 60.2 Å². The molecule has 1 aromatic carbocycles. The summed E-state index contributed by atoms with van der Waals surface area (Å²) < 4.78 is 49.6. The van der Waals surface area contributed by atoms with Crippen molar-refractivity contribution < 1.29 is 22.4 Å². The number of nitrogens with zero attached hydrogens (tertiary/aromatic N) is 3. The Morgan fingerprint density at radius 2 is 1.81 bits per heavy atom. The lowest BCUT2D eigenvalue weighted by Gasteiger charge is -2.20. The average Bonchev–Trinajstić information content (AvgIpc) is 3.16. The van der Waals surface area contributed by atoms with Gasteiger partial charge in [0.2, 0.25) is 0 Å². The number of rotatable bonds is 0. The number of carbonyl (C=O) groups is 1. The molecule has 0 aliphatic carbocycles. The minimum Gasteiger partial charge on any atom is -0.398 e. The minimum absolute atomic E-state index is 0.0137. The third kappa shape index (κ3) is 7.98. The monoisotopic (exact) mass is 477 g/mol. The van der Waals surface area contributed by atoms with Gasteiger partial charge in [-0.05, 0) is 63.7 Å². The number of alkyl halides is 4. The second-order valence-electron chi connectivity index (χ2n) is 7.79. The fourth-order valence-corrected chi connectivity index (χ4v) is 3.51. The number of primary amides is 1. The van der Waals surface area contributed by atoms with Crippen molar-refractivity contribution in [1.29, 1.82) is 0 Å². The van der Waals surface area contributed by atoms with Gasteiger partial charge in [0.1, 0.15) is 11.9 Å². The number of anilines is 1. The van der Waals surface area contributed by atoms with Gasteiger partial charge in [-0.1, -0.05) is 18.0 Å². The van der Waals surface area contributed by atoms with E-state index in [0.717, 1.165) is 6.07 Å². The molecule has 2 saturated heterocycles. The van der Waals surface area contributed by atoms with Crippen molar-refractivity contribution in [2.75, 3.05) is 39.0 Å². The Kier molecular flexibility index (Phi) is 9.33. The number of nitrogens with two attached hydrogens (primary N) is 2. The number of amides is 2. The topological polar surface area (TPSA) is 88.5 Å². The molecule has 2 aliphatic heterocycles. The van der Waals surface area contributed by atoms with Crippen molar-refractivity contribution in [1.82, 2.24) is 14.8 Å². The van der Waals surface area contributed by atoms with Gasteiger partial charge < -0.3 is 21.3 Å². The lowest BCUT2D eigenvalue weighted by Crippen LogP contribution is -2.33. The van der Waals surface area contributed by atoms with E-state index < -0.39 is 24.1 Å². The molecule has 2 fully saturated rings. The Morgan fingerprint density at radius 1 is 1.16 bits per heavy atom. The van der Waals surface area contributed by atoms with Crippen LogP contribution in [0.25, 0.3) is 10.9 Å². The summed E-state index contributed by atoms with van der Waals surface area (Å²) in [7, 11) is 2.19. The summed E-state index contributed by atoms with van der Waals surface area (Å²) in [5, 5.41) is 0.821. The molecule has 0 bridgehead atoms. The van der Waals surface area contributed by atoms with Gasteiger partial charge in [0.15, 0.2) is 0 Å². The van der Waals surface area contributed by atoms with E-state index in [1.807, 2.05) is 0 Å². The molecule has 4 N–H and O–H groups in total. The van der Waals surface area contributed by atoms with Gasteiger partial charge in [-0.15, -0.1) is 0 Å². The third-order valence-electron chi connectivity index (χ3n) is 5.12. The summed E-state index contributed by atoms with van der Waals surface area (Å²) in [6.07, 6.45) is -0.653. The molecule has 0 saturated carbocycles. The highest BCUT2D eigenvalue weighted by Crippen LogP contribution is 2.32. The Balaban J connectivity index is 0.000000191. The quantitative estimate of drug-likeness (QED) is 0.538. The number of hydrogen-bond acceptors (Lipinski definition) is 4. The summed E-state index contributed by atoms with van der Waals surface area (Å²) in [6, 6.07) is 4.65. The molecule has 0 radical (unpaired) electrons. The van der Waals surface area contributed by atoms with Crippen LogP contribution in [0, 0.1) is 0 Å². The van der Waals surface area contributed by atoms with E-state index in [1.54, 1.807) is 0 Å². The molecule has 2 aliphatic rings. The van der Waals surface area contributed by atoms with Crippen LogP contribution in [0.3, 0.4) is 0 Å². The maximum Gasteiger partial charge on any atom is 0.433 e. The van der Waals surface area contributed by atoms with Gasteiger partial charge in [0.25, 0.3) is 0 Å². The van der Waals surface area contributed by atoms with Crippen LogP contribution >= 0.6 is 11.6 Å². The molecule has 32 heavy (non-hydrogen) atoms. The number of piperidine rings is 1. The first-order chi connectivity index (χ1) is 15.0. The van der Waals surface area contributed by atoms with Crippen molar-refractivity contribution >= 4 is 34.2 Å². The molecule has 11 heteroatoms. The minimum atomic E-state index is -4.50. The number of pyridine rings is 1.